The maximum absolute atomic E-state index is 4.68. The van der Waals surface area contributed by atoms with Crippen LogP contribution in [0.2, 0.25) is 0 Å². The van der Waals surface area contributed by atoms with E-state index in [0.717, 1.165) is 24.6 Å². The zero-order valence-electron chi connectivity index (χ0n) is 8.88. The first-order valence-electron chi connectivity index (χ1n) is 5.87. The summed E-state index contributed by atoms with van der Waals surface area (Å²) >= 11 is 1.84. The fourth-order valence-corrected chi connectivity index (χ4v) is 3.49. The summed E-state index contributed by atoms with van der Waals surface area (Å²) in [6, 6.07) is 0.686. The van der Waals surface area contributed by atoms with E-state index in [2.05, 4.69) is 15.6 Å². The van der Waals surface area contributed by atoms with Gasteiger partial charge in [0.05, 0.1) is 5.69 Å². The van der Waals surface area contributed by atoms with Gasteiger partial charge in [0.25, 0.3) is 0 Å². The van der Waals surface area contributed by atoms with E-state index in [1.54, 1.807) is 0 Å². The molecule has 0 spiro atoms. The third-order valence-electron chi connectivity index (χ3n) is 3.29. The minimum Gasteiger partial charge on any atom is -0.359 e. The lowest BCUT2D eigenvalue weighted by molar-refractivity contribution is 0.643. The predicted octanol–water partition coefficient (Wildman–Crippen LogP) is 2.14. The van der Waals surface area contributed by atoms with Crippen LogP contribution in [0.5, 0.6) is 0 Å². The smallest absolute Gasteiger partial charge is 0.183 e. The predicted molar refractivity (Wildman–Crippen MR) is 63.4 cm³/mol. The Labute approximate surface area is 94.3 Å². The van der Waals surface area contributed by atoms with E-state index >= 15 is 0 Å². The van der Waals surface area contributed by atoms with Crippen LogP contribution in [0.15, 0.2) is 0 Å². The van der Waals surface area contributed by atoms with Crippen LogP contribution in [-0.2, 0) is 13.0 Å². The lowest BCUT2D eigenvalue weighted by Gasteiger charge is -2.09. The third kappa shape index (κ3) is 2.01. The summed E-state index contributed by atoms with van der Waals surface area (Å²) in [4.78, 5) is 6.11. The van der Waals surface area contributed by atoms with Gasteiger partial charge >= 0.3 is 0 Å². The van der Waals surface area contributed by atoms with Crippen LogP contribution < -0.4 is 10.6 Å². The molecule has 2 N–H and O–H groups in total. The molecule has 1 fully saturated rings. The number of hydrogen-bond acceptors (Lipinski definition) is 4. The average Bonchev–Trinajstić information content (AvgIpc) is 2.86. The molecule has 15 heavy (non-hydrogen) atoms. The van der Waals surface area contributed by atoms with Gasteiger partial charge in [0.2, 0.25) is 0 Å². The Balaban J connectivity index is 1.72. The van der Waals surface area contributed by atoms with Crippen molar-refractivity contribution in [1.29, 1.82) is 0 Å². The number of thiazole rings is 1. The van der Waals surface area contributed by atoms with E-state index in [-0.39, 0.29) is 0 Å². The number of rotatable bonds is 2. The number of aromatic nitrogens is 1. The van der Waals surface area contributed by atoms with Gasteiger partial charge in [0.15, 0.2) is 5.13 Å². The third-order valence-corrected chi connectivity index (χ3v) is 4.31. The summed E-state index contributed by atoms with van der Waals surface area (Å²) in [6.07, 6.45) is 6.50. The van der Waals surface area contributed by atoms with Crippen LogP contribution in [0, 0.1) is 0 Å². The Morgan fingerprint density at radius 2 is 2.20 bits per heavy atom. The second-order valence-corrected chi connectivity index (χ2v) is 5.53. The quantitative estimate of drug-likeness (QED) is 0.806. The van der Waals surface area contributed by atoms with Crippen molar-refractivity contribution < 1.29 is 0 Å². The number of hydrogen-bond donors (Lipinski definition) is 2. The Hall–Kier alpha value is -0.610. The summed E-state index contributed by atoms with van der Waals surface area (Å²) in [6.45, 7) is 2.10. The average molecular weight is 223 g/mol. The molecular formula is C11H17N3S. The minimum atomic E-state index is 0.686. The monoisotopic (exact) mass is 223 g/mol. The fraction of sp³-hybridized carbons (Fsp3) is 0.727. The van der Waals surface area contributed by atoms with E-state index in [4.69, 9.17) is 0 Å². The van der Waals surface area contributed by atoms with Gasteiger partial charge in [0.1, 0.15) is 0 Å². The topological polar surface area (TPSA) is 37.0 Å². The summed E-state index contributed by atoms with van der Waals surface area (Å²) in [5.74, 6) is 0. The van der Waals surface area contributed by atoms with Gasteiger partial charge < -0.3 is 10.6 Å². The number of nitrogens with zero attached hydrogens (tertiary/aromatic N) is 1. The first-order chi connectivity index (χ1) is 7.42. The summed E-state index contributed by atoms with van der Waals surface area (Å²) < 4.78 is 0. The lowest BCUT2D eigenvalue weighted by atomic mass is 10.2. The van der Waals surface area contributed by atoms with Crippen molar-refractivity contribution in [3.05, 3.63) is 10.6 Å². The van der Waals surface area contributed by atoms with Crippen molar-refractivity contribution in [1.82, 2.24) is 10.3 Å². The number of anilines is 1. The van der Waals surface area contributed by atoms with Crippen LogP contribution in [0.4, 0.5) is 5.13 Å². The molecule has 1 aliphatic carbocycles. The van der Waals surface area contributed by atoms with Crippen LogP contribution >= 0.6 is 11.3 Å². The molecule has 82 valence electrons. The molecule has 1 aromatic heterocycles. The van der Waals surface area contributed by atoms with Crippen molar-refractivity contribution >= 4 is 16.5 Å². The summed E-state index contributed by atoms with van der Waals surface area (Å²) in [7, 11) is 0. The van der Waals surface area contributed by atoms with Gasteiger partial charge in [-0.2, -0.15) is 0 Å². The highest BCUT2D eigenvalue weighted by molar-refractivity contribution is 7.15. The Bertz CT molecular complexity index is 318. The number of fused-ring (bicyclic) bond motifs is 1. The molecule has 1 aromatic rings. The van der Waals surface area contributed by atoms with Gasteiger partial charge in [-0.15, -0.1) is 11.3 Å². The van der Waals surface area contributed by atoms with E-state index in [1.807, 2.05) is 11.3 Å². The maximum atomic E-state index is 4.68. The van der Waals surface area contributed by atoms with Crippen molar-refractivity contribution in [3.63, 3.8) is 0 Å². The highest BCUT2D eigenvalue weighted by Gasteiger charge is 2.19. The molecule has 3 rings (SSSR count). The van der Waals surface area contributed by atoms with E-state index in [9.17, 15) is 0 Å². The lowest BCUT2D eigenvalue weighted by Crippen LogP contribution is -2.22. The zero-order chi connectivity index (χ0) is 10.1. The highest BCUT2D eigenvalue weighted by atomic mass is 32.1. The van der Waals surface area contributed by atoms with Crippen molar-refractivity contribution in [3.8, 4) is 0 Å². The Kier molecular flexibility index (Phi) is 2.63. The Morgan fingerprint density at radius 1 is 1.33 bits per heavy atom. The SMILES string of the molecule is C1CCC(Nc2nc3c(s2)CNCC3)C1. The second-order valence-electron chi connectivity index (χ2n) is 4.44. The molecule has 0 bridgehead atoms. The minimum absolute atomic E-state index is 0.686. The molecule has 0 unspecified atom stereocenters. The van der Waals surface area contributed by atoms with Gasteiger partial charge in [-0.3, -0.25) is 0 Å². The Morgan fingerprint density at radius 3 is 3.00 bits per heavy atom. The molecule has 1 aliphatic heterocycles. The van der Waals surface area contributed by atoms with Crippen LogP contribution in [-0.4, -0.2) is 17.6 Å². The van der Waals surface area contributed by atoms with Gasteiger partial charge in [-0.05, 0) is 12.8 Å². The van der Waals surface area contributed by atoms with Crippen molar-refractivity contribution in [2.24, 2.45) is 0 Å². The van der Waals surface area contributed by atoms with Crippen molar-refractivity contribution in [2.75, 3.05) is 11.9 Å². The first-order valence-corrected chi connectivity index (χ1v) is 6.69. The first kappa shape index (κ1) is 9.60. The molecule has 4 heteroatoms. The van der Waals surface area contributed by atoms with Gasteiger partial charge in [-0.1, -0.05) is 12.8 Å². The molecule has 0 atom stereocenters. The normalized spacial score (nSPS) is 21.6. The van der Waals surface area contributed by atoms with E-state index in [1.165, 1.54) is 36.3 Å². The van der Waals surface area contributed by atoms with Gasteiger partial charge in [0, 0.05) is 30.4 Å². The molecule has 0 aromatic carbocycles. The fourth-order valence-electron chi connectivity index (χ4n) is 2.43. The highest BCUT2D eigenvalue weighted by Crippen LogP contribution is 2.28. The standard InChI is InChI=1S/C11H17N3S/c1-2-4-8(3-1)13-11-14-9-5-6-12-7-10(9)15-11/h8,12H,1-7H2,(H,13,14). The molecule has 0 saturated heterocycles. The van der Waals surface area contributed by atoms with Crippen LogP contribution in [0.25, 0.3) is 0 Å². The summed E-state index contributed by atoms with van der Waals surface area (Å²) in [5.41, 5.74) is 1.32. The van der Waals surface area contributed by atoms with Crippen molar-refractivity contribution in [2.45, 2.75) is 44.7 Å². The van der Waals surface area contributed by atoms with E-state index < -0.39 is 0 Å². The molecule has 2 heterocycles. The van der Waals surface area contributed by atoms with Crippen LogP contribution in [0.3, 0.4) is 0 Å². The zero-order valence-corrected chi connectivity index (χ0v) is 9.70. The molecule has 2 aliphatic rings. The second kappa shape index (κ2) is 4.10. The molecule has 1 saturated carbocycles. The summed E-state index contributed by atoms with van der Waals surface area (Å²) in [5, 5.41) is 8.12. The largest absolute Gasteiger partial charge is 0.359 e. The molecular weight excluding hydrogens is 206 g/mol. The molecule has 0 amide bonds. The molecule has 3 nitrogen and oxygen atoms in total. The number of nitrogens with one attached hydrogen (secondary N) is 2. The molecule has 0 radical (unpaired) electrons. The maximum Gasteiger partial charge on any atom is 0.183 e. The van der Waals surface area contributed by atoms with Crippen LogP contribution in [0.1, 0.15) is 36.3 Å². The van der Waals surface area contributed by atoms with E-state index in [0.29, 0.717) is 6.04 Å². The van der Waals surface area contributed by atoms with Gasteiger partial charge in [-0.25, -0.2) is 4.98 Å².